The minimum absolute atomic E-state index is 0.234. The second kappa shape index (κ2) is 7.42. The molecule has 0 aromatic carbocycles. The molecule has 0 aliphatic carbocycles. The van der Waals surface area contributed by atoms with E-state index < -0.39 is 25.5 Å². The maximum atomic E-state index is 11.8. The van der Waals surface area contributed by atoms with Crippen LogP contribution in [0.15, 0.2) is 0 Å². The zero-order valence-electron chi connectivity index (χ0n) is 10.3. The summed E-state index contributed by atoms with van der Waals surface area (Å²) in [6.07, 6.45) is -0.471. The van der Waals surface area contributed by atoms with Gasteiger partial charge in [-0.25, -0.2) is 0 Å². The smallest absolute Gasteiger partial charge is 0.331 e. The number of methoxy groups -OCH3 is 2. The molecule has 0 amide bonds. The molecule has 0 saturated carbocycles. The highest BCUT2D eigenvalue weighted by Crippen LogP contribution is 2.48. The molecule has 1 unspecified atom stereocenters. The van der Waals surface area contributed by atoms with E-state index in [4.69, 9.17) is 9.05 Å². The topological polar surface area (TPSA) is 88.1 Å². The summed E-state index contributed by atoms with van der Waals surface area (Å²) in [5.74, 6) is -2.18. The lowest BCUT2D eigenvalue weighted by Crippen LogP contribution is -2.24. The predicted octanol–water partition coefficient (Wildman–Crippen LogP) is 0.825. The van der Waals surface area contributed by atoms with Gasteiger partial charge in [-0.15, -0.1) is 0 Å². The molecular weight excluding hydrogens is 251 g/mol. The lowest BCUT2D eigenvalue weighted by Gasteiger charge is -2.18. The van der Waals surface area contributed by atoms with Crippen molar-refractivity contribution >= 4 is 19.5 Å². The normalized spacial score (nSPS) is 12.9. The van der Waals surface area contributed by atoms with Crippen LogP contribution in [0.25, 0.3) is 0 Å². The average molecular weight is 268 g/mol. The first kappa shape index (κ1) is 16.1. The van der Waals surface area contributed by atoms with E-state index in [1.807, 2.05) is 0 Å². The molecule has 17 heavy (non-hydrogen) atoms. The van der Waals surface area contributed by atoms with Crippen molar-refractivity contribution in [3.63, 3.8) is 0 Å². The zero-order chi connectivity index (χ0) is 13.5. The Kier molecular flexibility index (Phi) is 7.03. The molecular formula is C9H17O7P. The molecule has 0 aromatic rings. The van der Waals surface area contributed by atoms with Crippen LogP contribution >= 0.6 is 7.60 Å². The minimum atomic E-state index is -3.38. The summed E-state index contributed by atoms with van der Waals surface area (Å²) in [4.78, 5) is 22.5. The Bertz CT molecular complexity index is 306. The quantitative estimate of drug-likeness (QED) is 0.499. The Morgan fingerprint density at radius 1 is 1.06 bits per heavy atom. The van der Waals surface area contributed by atoms with E-state index in [2.05, 4.69) is 9.47 Å². The van der Waals surface area contributed by atoms with E-state index in [1.54, 1.807) is 0 Å². The van der Waals surface area contributed by atoms with Gasteiger partial charge in [0.05, 0.1) is 32.7 Å². The fourth-order valence-electron chi connectivity index (χ4n) is 1.17. The van der Waals surface area contributed by atoms with Crippen LogP contribution in [0.3, 0.4) is 0 Å². The molecule has 0 bridgehead atoms. The molecule has 0 aliphatic heterocycles. The molecule has 8 heteroatoms. The van der Waals surface area contributed by atoms with Crippen molar-refractivity contribution in [1.82, 2.24) is 0 Å². The third kappa shape index (κ3) is 5.30. The predicted molar refractivity (Wildman–Crippen MR) is 58.6 cm³/mol. The number of rotatable bonds is 7. The zero-order valence-corrected chi connectivity index (χ0v) is 11.2. The van der Waals surface area contributed by atoms with E-state index in [9.17, 15) is 14.2 Å². The summed E-state index contributed by atoms with van der Waals surface area (Å²) < 4.78 is 30.2. The number of carbonyl (C=O) groups is 2. The minimum Gasteiger partial charge on any atom is -0.469 e. The van der Waals surface area contributed by atoms with Crippen molar-refractivity contribution in [2.24, 2.45) is 5.92 Å². The molecule has 0 heterocycles. The van der Waals surface area contributed by atoms with E-state index >= 15 is 0 Å². The van der Waals surface area contributed by atoms with Gasteiger partial charge in [0.15, 0.2) is 0 Å². The van der Waals surface area contributed by atoms with Crippen LogP contribution in [0.4, 0.5) is 0 Å². The Morgan fingerprint density at radius 3 is 1.94 bits per heavy atom. The molecule has 100 valence electrons. The first-order valence-electron chi connectivity index (χ1n) is 4.77. The first-order chi connectivity index (χ1) is 7.92. The Labute approximate surface area is 99.9 Å². The second-order valence-corrected chi connectivity index (χ2v) is 5.48. The van der Waals surface area contributed by atoms with E-state index in [1.165, 1.54) is 28.4 Å². The summed E-state index contributed by atoms with van der Waals surface area (Å²) >= 11 is 0. The summed E-state index contributed by atoms with van der Waals surface area (Å²) in [5.41, 5.74) is 0. The highest BCUT2D eigenvalue weighted by molar-refractivity contribution is 7.53. The lowest BCUT2D eigenvalue weighted by atomic mass is 10.1. The Hall–Kier alpha value is -0.910. The highest BCUT2D eigenvalue weighted by Gasteiger charge is 2.33. The van der Waals surface area contributed by atoms with Crippen molar-refractivity contribution in [3.8, 4) is 0 Å². The fourth-order valence-corrected chi connectivity index (χ4v) is 2.43. The third-order valence-corrected chi connectivity index (χ3v) is 4.18. The monoisotopic (exact) mass is 268 g/mol. The summed E-state index contributed by atoms with van der Waals surface area (Å²) in [7, 11) is 1.41. The largest absolute Gasteiger partial charge is 0.469 e. The summed E-state index contributed by atoms with van der Waals surface area (Å²) in [5, 5.41) is 0. The lowest BCUT2D eigenvalue weighted by molar-refractivity contribution is -0.151. The van der Waals surface area contributed by atoms with Gasteiger partial charge in [0.25, 0.3) is 0 Å². The maximum absolute atomic E-state index is 11.8. The van der Waals surface area contributed by atoms with Crippen LogP contribution in [0.5, 0.6) is 0 Å². The molecule has 7 nitrogen and oxygen atoms in total. The standard InChI is InChI=1S/C9H17O7P/c1-13-8(10)5-7(9(11)14-2)6-17(12,15-3)16-4/h7H,5-6H2,1-4H3. The third-order valence-electron chi connectivity index (χ3n) is 2.18. The molecule has 1 atom stereocenters. The van der Waals surface area contributed by atoms with Gasteiger partial charge in [-0.1, -0.05) is 0 Å². The van der Waals surface area contributed by atoms with Crippen LogP contribution in [-0.4, -0.2) is 46.5 Å². The molecule has 0 spiro atoms. The van der Waals surface area contributed by atoms with Crippen LogP contribution in [0.2, 0.25) is 0 Å². The van der Waals surface area contributed by atoms with Gasteiger partial charge in [0, 0.05) is 14.2 Å². The molecule has 0 N–H and O–H groups in total. The van der Waals surface area contributed by atoms with Crippen molar-refractivity contribution < 1.29 is 32.7 Å². The molecule has 0 saturated heterocycles. The second-order valence-electron chi connectivity index (χ2n) is 3.16. The Balaban J connectivity index is 4.76. The van der Waals surface area contributed by atoms with Crippen molar-refractivity contribution in [2.45, 2.75) is 6.42 Å². The number of carbonyl (C=O) groups excluding carboxylic acids is 2. The summed E-state index contributed by atoms with van der Waals surface area (Å²) in [6.45, 7) is 0. The van der Waals surface area contributed by atoms with Crippen LogP contribution in [0, 0.1) is 5.92 Å². The molecule has 0 aromatic heterocycles. The molecule has 0 rings (SSSR count). The molecule has 0 fully saturated rings. The number of hydrogen-bond acceptors (Lipinski definition) is 7. The number of hydrogen-bond donors (Lipinski definition) is 0. The number of ether oxygens (including phenoxy) is 2. The maximum Gasteiger partial charge on any atom is 0.331 e. The first-order valence-corrected chi connectivity index (χ1v) is 6.50. The summed E-state index contributed by atoms with van der Waals surface area (Å²) in [6, 6.07) is 0. The molecule has 0 aliphatic rings. The van der Waals surface area contributed by atoms with E-state index in [-0.39, 0.29) is 12.6 Å². The van der Waals surface area contributed by atoms with Crippen LogP contribution in [-0.2, 0) is 32.7 Å². The highest BCUT2D eigenvalue weighted by atomic mass is 31.2. The van der Waals surface area contributed by atoms with Gasteiger partial charge in [-0.2, -0.15) is 0 Å². The van der Waals surface area contributed by atoms with Gasteiger partial charge in [0.2, 0.25) is 0 Å². The number of esters is 2. The van der Waals surface area contributed by atoms with Crippen molar-refractivity contribution in [1.29, 1.82) is 0 Å². The van der Waals surface area contributed by atoms with Crippen molar-refractivity contribution in [2.75, 3.05) is 34.6 Å². The van der Waals surface area contributed by atoms with Gasteiger partial charge < -0.3 is 18.5 Å². The van der Waals surface area contributed by atoms with Gasteiger partial charge in [-0.05, 0) is 0 Å². The molecule has 0 radical (unpaired) electrons. The van der Waals surface area contributed by atoms with Gasteiger partial charge in [-0.3, -0.25) is 14.2 Å². The Morgan fingerprint density at radius 2 is 1.59 bits per heavy atom. The van der Waals surface area contributed by atoms with Crippen LogP contribution in [0.1, 0.15) is 6.42 Å². The van der Waals surface area contributed by atoms with Crippen LogP contribution < -0.4 is 0 Å². The van der Waals surface area contributed by atoms with E-state index in [0.717, 1.165) is 0 Å². The average Bonchev–Trinajstić information content (AvgIpc) is 2.36. The van der Waals surface area contributed by atoms with Crippen molar-refractivity contribution in [3.05, 3.63) is 0 Å². The van der Waals surface area contributed by atoms with Gasteiger partial charge in [0.1, 0.15) is 0 Å². The van der Waals surface area contributed by atoms with E-state index in [0.29, 0.717) is 0 Å². The fraction of sp³-hybridized carbons (Fsp3) is 0.778. The van der Waals surface area contributed by atoms with Gasteiger partial charge >= 0.3 is 19.5 Å². The SMILES string of the molecule is COC(=O)CC(CP(=O)(OC)OC)C(=O)OC.